The third-order valence-electron chi connectivity index (χ3n) is 7.24. The molecule has 0 unspecified atom stereocenters. The molecule has 0 bridgehead atoms. The van der Waals surface area contributed by atoms with Crippen LogP contribution in [0.25, 0.3) is 55.2 Å². The van der Waals surface area contributed by atoms with Gasteiger partial charge in [-0.3, -0.25) is 23.3 Å². The van der Waals surface area contributed by atoms with E-state index in [4.69, 9.17) is 0 Å². The van der Waals surface area contributed by atoms with Crippen molar-refractivity contribution in [3.05, 3.63) is 157 Å². The van der Waals surface area contributed by atoms with Gasteiger partial charge in [-0.2, -0.15) is 5.56 Å². The predicted octanol–water partition coefficient (Wildman–Crippen LogP) is 9.58. The second kappa shape index (κ2) is 16.3. The first-order valence-electron chi connectivity index (χ1n) is 14.1. The maximum absolute atomic E-state index is 4.48. The Morgan fingerprint density at radius 1 is 0.600 bits per heavy atom. The second-order valence-electron chi connectivity index (χ2n) is 11.2. The number of hydrogen-bond donors (Lipinski definition) is 0. The molecule has 45 heavy (non-hydrogen) atoms. The van der Waals surface area contributed by atoms with Crippen molar-refractivity contribution in [2.45, 2.75) is 26.2 Å². The standard InChI is InChI=1S/C25H14N.C15H16N.B.Ir.Y/c1-2-9-23-18(6-1)11-12-19-13-14-21(17-24(19)23)20-7-5-8-22(16-20)25-10-3-4-15-26-25;1-15(2,3)13-9-10-14(16-11-13)12-7-5-4-6-8-12;;;/h1-7,9-13,15,17H;4-7,9-11H,1-3H3;;;/q-3;-1;;;. The van der Waals surface area contributed by atoms with Crippen molar-refractivity contribution in [2.24, 2.45) is 0 Å². The van der Waals surface area contributed by atoms with Crippen LogP contribution in [0.2, 0.25) is 0 Å². The van der Waals surface area contributed by atoms with Crippen LogP contribution in [0.3, 0.4) is 0 Å². The normalized spacial score (nSPS) is 10.5. The molecule has 0 saturated carbocycles. The van der Waals surface area contributed by atoms with Crippen molar-refractivity contribution in [1.82, 2.24) is 9.97 Å². The molecule has 2 nitrogen and oxygen atoms in total. The summed E-state index contributed by atoms with van der Waals surface area (Å²) in [5.74, 6) is 0. The Morgan fingerprint density at radius 2 is 1.38 bits per heavy atom. The zero-order chi connectivity index (χ0) is 28.9. The van der Waals surface area contributed by atoms with Gasteiger partial charge in [0.05, 0.1) is 0 Å². The van der Waals surface area contributed by atoms with Gasteiger partial charge in [0.2, 0.25) is 0 Å². The van der Waals surface area contributed by atoms with E-state index in [1.54, 1.807) is 6.20 Å². The molecule has 0 amide bonds. The van der Waals surface area contributed by atoms with E-state index in [9.17, 15) is 0 Å². The SMILES string of the molecule is CC(C)(C)c1ccc(-c2[c-]cccc2)nc1.[B].[Ir].[Y].[c-]1ccc(-c2[c-]cc3ccc4ccccc4c3c2)[c-]c1-c1ccccn1. The van der Waals surface area contributed by atoms with Crippen LogP contribution in [0.15, 0.2) is 128 Å². The van der Waals surface area contributed by atoms with Crippen molar-refractivity contribution in [3.63, 3.8) is 0 Å². The molecule has 0 spiro atoms. The number of nitrogens with zero attached hydrogens (tertiary/aromatic N) is 2. The molecule has 5 heteroatoms. The number of aromatic nitrogens is 2. The molecule has 7 rings (SSSR count). The van der Waals surface area contributed by atoms with E-state index in [-0.39, 0.29) is 66.6 Å². The minimum absolute atomic E-state index is 0. The molecule has 5 aromatic carbocycles. The van der Waals surface area contributed by atoms with Crippen molar-refractivity contribution in [2.75, 3.05) is 0 Å². The van der Waals surface area contributed by atoms with Gasteiger partial charge in [0.1, 0.15) is 0 Å². The van der Waals surface area contributed by atoms with E-state index in [1.807, 2.05) is 60.8 Å². The Kier molecular flexibility index (Phi) is 13.2. The van der Waals surface area contributed by atoms with Crippen molar-refractivity contribution in [1.29, 1.82) is 0 Å². The number of hydrogen-bond acceptors (Lipinski definition) is 2. The van der Waals surface area contributed by atoms with Gasteiger partial charge in [-0.25, -0.2) is 6.07 Å². The van der Waals surface area contributed by atoms with Gasteiger partial charge in [0, 0.05) is 73.6 Å². The summed E-state index contributed by atoms with van der Waals surface area (Å²) in [5.41, 5.74) is 7.21. The first-order chi connectivity index (χ1) is 20.5. The number of fused-ring (bicyclic) bond motifs is 3. The Labute approximate surface area is 307 Å². The average Bonchev–Trinajstić information content (AvgIpc) is 3.05. The first kappa shape index (κ1) is 36.2. The molecule has 0 aliphatic rings. The minimum Gasteiger partial charge on any atom is -0.352 e. The Hall–Kier alpha value is -3.26. The summed E-state index contributed by atoms with van der Waals surface area (Å²) >= 11 is 0. The smallest absolute Gasteiger partial charge is 0.0198 e. The molecule has 219 valence electrons. The molecule has 0 N–H and O–H groups in total. The number of benzene rings is 5. The van der Waals surface area contributed by atoms with Gasteiger partial charge in [-0.1, -0.05) is 91.8 Å². The van der Waals surface area contributed by atoms with Gasteiger partial charge in [-0.05, 0) is 33.5 Å². The summed E-state index contributed by atoms with van der Waals surface area (Å²) < 4.78 is 0. The Morgan fingerprint density at radius 3 is 2.09 bits per heavy atom. The third-order valence-corrected chi connectivity index (χ3v) is 7.24. The molecular formula is C40H30BIrN2Y-4. The molecule has 7 aromatic rings. The van der Waals surface area contributed by atoms with Crippen LogP contribution < -0.4 is 0 Å². The fraction of sp³-hybridized carbons (Fsp3) is 0.100. The molecule has 0 atom stereocenters. The zero-order valence-electron chi connectivity index (χ0n) is 25.5. The van der Waals surface area contributed by atoms with Crippen molar-refractivity contribution >= 4 is 30.0 Å². The summed E-state index contributed by atoms with van der Waals surface area (Å²) in [6.45, 7) is 6.58. The van der Waals surface area contributed by atoms with Gasteiger partial charge < -0.3 is 16.0 Å². The van der Waals surface area contributed by atoms with Crippen molar-refractivity contribution < 1.29 is 52.8 Å². The van der Waals surface area contributed by atoms with Gasteiger partial charge in [-0.15, -0.1) is 60.2 Å². The summed E-state index contributed by atoms with van der Waals surface area (Å²) in [7, 11) is 0. The van der Waals surface area contributed by atoms with E-state index in [2.05, 4.69) is 116 Å². The third kappa shape index (κ3) is 8.72. The Bertz CT molecular complexity index is 1960. The second-order valence-corrected chi connectivity index (χ2v) is 11.2. The Balaban J connectivity index is 0.000000254. The number of pyridine rings is 2. The first-order valence-corrected chi connectivity index (χ1v) is 14.1. The molecule has 0 aliphatic heterocycles. The molecule has 0 fully saturated rings. The predicted molar refractivity (Wildman–Crippen MR) is 180 cm³/mol. The molecule has 2 heterocycles. The summed E-state index contributed by atoms with van der Waals surface area (Å²) in [6, 6.07) is 52.2. The molecule has 0 aliphatic carbocycles. The molecule has 2 aromatic heterocycles. The molecular weight excluding hydrogens is 800 g/mol. The van der Waals surface area contributed by atoms with Crippen LogP contribution in [-0.2, 0) is 58.2 Å². The van der Waals surface area contributed by atoms with Gasteiger partial charge in [0.15, 0.2) is 0 Å². The molecule has 0 saturated heterocycles. The average molecular weight is 831 g/mol. The maximum atomic E-state index is 4.48. The zero-order valence-corrected chi connectivity index (χ0v) is 30.7. The van der Waals surface area contributed by atoms with Crippen LogP contribution in [0.4, 0.5) is 0 Å². The van der Waals surface area contributed by atoms with E-state index in [0.717, 1.165) is 33.6 Å². The van der Waals surface area contributed by atoms with Gasteiger partial charge in [0.25, 0.3) is 0 Å². The van der Waals surface area contributed by atoms with Gasteiger partial charge >= 0.3 is 0 Å². The maximum Gasteiger partial charge on any atom is 0.0198 e. The number of rotatable bonds is 3. The monoisotopic (exact) mass is 831 g/mol. The summed E-state index contributed by atoms with van der Waals surface area (Å²) in [4.78, 5) is 8.89. The minimum atomic E-state index is 0. The van der Waals surface area contributed by atoms with Crippen LogP contribution in [-0.4, -0.2) is 18.4 Å². The van der Waals surface area contributed by atoms with E-state index in [1.165, 1.54) is 27.1 Å². The summed E-state index contributed by atoms with van der Waals surface area (Å²) in [5, 5.41) is 4.93. The largest absolute Gasteiger partial charge is 0.352 e. The fourth-order valence-corrected chi connectivity index (χ4v) is 4.87. The van der Waals surface area contributed by atoms with E-state index in [0.29, 0.717) is 0 Å². The van der Waals surface area contributed by atoms with Crippen LogP contribution in [0.1, 0.15) is 26.3 Å². The van der Waals surface area contributed by atoms with E-state index < -0.39 is 0 Å². The van der Waals surface area contributed by atoms with Crippen LogP contribution in [0, 0.1) is 24.3 Å². The van der Waals surface area contributed by atoms with Crippen molar-refractivity contribution in [3.8, 4) is 33.6 Å². The van der Waals surface area contributed by atoms with E-state index >= 15 is 0 Å². The summed E-state index contributed by atoms with van der Waals surface area (Å²) in [6.07, 6.45) is 3.74. The topological polar surface area (TPSA) is 25.8 Å². The quantitative estimate of drug-likeness (QED) is 0.101. The fourth-order valence-electron chi connectivity index (χ4n) is 4.87. The van der Waals surface area contributed by atoms with Crippen LogP contribution in [0.5, 0.6) is 0 Å². The molecule has 5 radical (unpaired) electrons. The van der Waals surface area contributed by atoms with Crippen LogP contribution >= 0.6 is 0 Å².